The third kappa shape index (κ3) is 5.37. The standard InChI is InChI=1S/C40H43N7O4/c1-21(2)32(43-39(48)51-3)20-46-16-4-5-33(46)37-41-30-14-9-24-17-22(7-12-28(24)34(30)44-37)23-8-13-29-25(18-23)10-15-31-35(29)45-38(42-31)36-26-6-11-27(19-26)47(36)40(49)50/h7-10,12-15,17-18,21,26-27,32-33,36H,4-6,11,16,19-20H2,1-3H3,(H,41,44)(H,42,45)(H,43,48)(H,49,50)/t26?,27?,32-,33+,36?/m1/s1. The van der Waals surface area contributed by atoms with Gasteiger partial charge in [-0.2, -0.15) is 0 Å². The Morgan fingerprint density at radius 2 is 1.55 bits per heavy atom. The molecule has 1 aliphatic carbocycles. The molecule has 4 heterocycles. The number of alkyl carbamates (subject to hydrolysis) is 1. The number of nitrogens with one attached hydrogen (secondary N) is 3. The van der Waals surface area contributed by atoms with Crippen LogP contribution in [-0.4, -0.2) is 79.3 Å². The number of nitrogens with zero attached hydrogens (tertiary/aromatic N) is 4. The van der Waals surface area contributed by atoms with Crippen molar-refractivity contribution >= 4 is 55.8 Å². The molecule has 2 aromatic heterocycles. The molecule has 5 atom stereocenters. The maximum atomic E-state index is 12.1. The lowest BCUT2D eigenvalue weighted by molar-refractivity contribution is 0.0992. The zero-order chi connectivity index (χ0) is 35.0. The fraction of sp³-hybridized carbons (Fsp3) is 0.400. The predicted molar refractivity (Wildman–Crippen MR) is 198 cm³/mol. The van der Waals surface area contributed by atoms with Crippen molar-refractivity contribution in [3.8, 4) is 11.1 Å². The van der Waals surface area contributed by atoms with Gasteiger partial charge < -0.3 is 25.1 Å². The number of carboxylic acid groups (broad SMARTS) is 1. The fourth-order valence-corrected chi connectivity index (χ4v) is 9.16. The average Bonchev–Trinajstić information content (AvgIpc) is 3.98. The SMILES string of the molecule is COC(=O)N[C@H](CN1CCC[C@H]1c1nc2c(ccc3cc(-c4ccc5c(ccc6[nH]c(C7C8CCC(C8)N7C(=O)O)nc65)c4)ccc32)[nH]1)C(C)C. The van der Waals surface area contributed by atoms with Crippen LogP contribution in [0.15, 0.2) is 60.7 Å². The molecular weight excluding hydrogens is 642 g/mol. The quantitative estimate of drug-likeness (QED) is 0.133. The molecule has 4 N–H and O–H groups in total. The average molecular weight is 686 g/mol. The highest BCUT2D eigenvalue weighted by Crippen LogP contribution is 2.50. The highest BCUT2D eigenvalue weighted by atomic mass is 16.5. The van der Waals surface area contributed by atoms with Gasteiger partial charge in [0.1, 0.15) is 11.6 Å². The number of carbonyl (C=O) groups excluding carboxylic acids is 1. The summed E-state index contributed by atoms with van der Waals surface area (Å²) in [5.41, 5.74) is 6.06. The number of piperidine rings is 1. The molecule has 3 aliphatic rings. The van der Waals surface area contributed by atoms with Crippen LogP contribution in [0, 0.1) is 11.8 Å². The lowest BCUT2D eigenvalue weighted by atomic mass is 9.98. The first-order chi connectivity index (χ1) is 24.7. The van der Waals surface area contributed by atoms with Crippen molar-refractivity contribution in [2.45, 2.75) is 70.1 Å². The van der Waals surface area contributed by atoms with Gasteiger partial charge in [-0.1, -0.05) is 50.2 Å². The maximum Gasteiger partial charge on any atom is 0.408 e. The number of benzene rings is 4. The molecule has 11 nitrogen and oxygen atoms in total. The molecule has 262 valence electrons. The van der Waals surface area contributed by atoms with E-state index >= 15 is 0 Å². The molecule has 51 heavy (non-hydrogen) atoms. The fourth-order valence-electron chi connectivity index (χ4n) is 9.16. The van der Waals surface area contributed by atoms with Crippen LogP contribution < -0.4 is 5.32 Å². The van der Waals surface area contributed by atoms with E-state index in [-0.39, 0.29) is 30.1 Å². The Kier molecular flexibility index (Phi) is 7.64. The molecule has 3 fully saturated rings. The second kappa shape index (κ2) is 12.3. The number of hydrogen-bond donors (Lipinski definition) is 4. The first-order valence-corrected chi connectivity index (χ1v) is 18.2. The summed E-state index contributed by atoms with van der Waals surface area (Å²) in [6.45, 7) is 5.94. The molecule has 6 aromatic rings. The number of likely N-dealkylation sites (tertiary alicyclic amines) is 2. The van der Waals surface area contributed by atoms with Gasteiger partial charge in [0.2, 0.25) is 0 Å². The van der Waals surface area contributed by atoms with Gasteiger partial charge in [-0.25, -0.2) is 19.6 Å². The molecule has 0 spiro atoms. The van der Waals surface area contributed by atoms with Crippen molar-refractivity contribution in [1.29, 1.82) is 0 Å². The molecule has 11 heteroatoms. The van der Waals surface area contributed by atoms with E-state index in [0.29, 0.717) is 5.92 Å². The molecule has 2 saturated heterocycles. The van der Waals surface area contributed by atoms with E-state index in [2.05, 4.69) is 94.7 Å². The van der Waals surface area contributed by atoms with Gasteiger partial charge in [0.05, 0.1) is 41.3 Å². The van der Waals surface area contributed by atoms with E-state index in [0.717, 1.165) is 112 Å². The number of aromatic amines is 2. The first-order valence-electron chi connectivity index (χ1n) is 18.2. The Morgan fingerprint density at radius 3 is 2.18 bits per heavy atom. The summed E-state index contributed by atoms with van der Waals surface area (Å²) in [6, 6.07) is 21.6. The summed E-state index contributed by atoms with van der Waals surface area (Å²) >= 11 is 0. The van der Waals surface area contributed by atoms with E-state index in [1.807, 2.05) is 0 Å². The van der Waals surface area contributed by atoms with Crippen molar-refractivity contribution in [3.63, 3.8) is 0 Å². The summed E-state index contributed by atoms with van der Waals surface area (Å²) < 4.78 is 4.88. The number of imidazole rings is 2. The Labute approximate surface area is 295 Å². The second-order valence-electron chi connectivity index (χ2n) is 15.0. The largest absolute Gasteiger partial charge is 0.465 e. The van der Waals surface area contributed by atoms with E-state index in [4.69, 9.17) is 14.7 Å². The molecule has 2 aliphatic heterocycles. The third-order valence-corrected chi connectivity index (χ3v) is 11.8. The molecule has 2 bridgehead atoms. The highest BCUT2D eigenvalue weighted by Gasteiger charge is 2.50. The van der Waals surface area contributed by atoms with E-state index in [1.165, 1.54) is 7.11 Å². The molecule has 9 rings (SSSR count). The number of ether oxygens (including phenoxy) is 1. The minimum atomic E-state index is -0.854. The topological polar surface area (TPSA) is 139 Å². The van der Waals surface area contributed by atoms with E-state index in [9.17, 15) is 14.7 Å². The van der Waals surface area contributed by atoms with Crippen LogP contribution in [0.3, 0.4) is 0 Å². The van der Waals surface area contributed by atoms with Crippen molar-refractivity contribution in [3.05, 3.63) is 72.3 Å². The Bertz CT molecular complexity index is 2330. The summed E-state index contributed by atoms with van der Waals surface area (Å²) in [6.07, 6.45) is 3.76. The van der Waals surface area contributed by atoms with Crippen molar-refractivity contribution in [2.24, 2.45) is 11.8 Å². The van der Waals surface area contributed by atoms with Gasteiger partial charge in [0.25, 0.3) is 0 Å². The van der Waals surface area contributed by atoms with Crippen LogP contribution in [0.25, 0.3) is 54.7 Å². The minimum Gasteiger partial charge on any atom is -0.465 e. The van der Waals surface area contributed by atoms with Crippen LogP contribution in [-0.2, 0) is 4.74 Å². The number of carbonyl (C=O) groups is 2. The number of amides is 2. The molecule has 1 saturated carbocycles. The number of hydrogen-bond acceptors (Lipinski definition) is 6. The summed E-state index contributed by atoms with van der Waals surface area (Å²) in [5, 5.41) is 17.4. The zero-order valence-corrected chi connectivity index (χ0v) is 29.1. The zero-order valence-electron chi connectivity index (χ0n) is 29.1. The number of fused-ring (bicyclic) bond motifs is 8. The maximum absolute atomic E-state index is 12.1. The van der Waals surface area contributed by atoms with E-state index in [1.54, 1.807) is 4.90 Å². The molecular formula is C40H43N7O4. The van der Waals surface area contributed by atoms with Crippen molar-refractivity contribution in [1.82, 2.24) is 35.1 Å². The Balaban J connectivity index is 0.997. The van der Waals surface area contributed by atoms with Crippen LogP contribution in [0.4, 0.5) is 9.59 Å². The smallest absolute Gasteiger partial charge is 0.408 e. The second-order valence-corrected chi connectivity index (χ2v) is 15.0. The van der Waals surface area contributed by atoms with Gasteiger partial charge in [0, 0.05) is 29.4 Å². The normalized spacial score (nSPS) is 22.6. The van der Waals surface area contributed by atoms with Crippen LogP contribution in [0.1, 0.15) is 69.7 Å². The van der Waals surface area contributed by atoms with Gasteiger partial charge in [0.15, 0.2) is 0 Å². The number of rotatable bonds is 7. The third-order valence-electron chi connectivity index (χ3n) is 11.8. The van der Waals surface area contributed by atoms with Gasteiger partial charge >= 0.3 is 12.2 Å². The molecule has 2 amide bonds. The van der Waals surface area contributed by atoms with Crippen LogP contribution in [0.5, 0.6) is 0 Å². The van der Waals surface area contributed by atoms with Gasteiger partial charge in [-0.15, -0.1) is 0 Å². The van der Waals surface area contributed by atoms with Crippen LogP contribution in [0.2, 0.25) is 0 Å². The number of aromatic nitrogens is 4. The number of methoxy groups -OCH3 is 1. The Morgan fingerprint density at radius 1 is 0.902 bits per heavy atom. The summed E-state index contributed by atoms with van der Waals surface area (Å²) in [5.74, 6) is 2.32. The van der Waals surface area contributed by atoms with Crippen molar-refractivity contribution < 1.29 is 19.4 Å². The summed E-state index contributed by atoms with van der Waals surface area (Å²) in [7, 11) is 1.40. The monoisotopic (exact) mass is 685 g/mol. The Hall–Kier alpha value is -5.16. The summed E-state index contributed by atoms with van der Waals surface area (Å²) in [4.78, 5) is 45.5. The number of H-pyrrole nitrogens is 2. The van der Waals surface area contributed by atoms with Crippen LogP contribution >= 0.6 is 0 Å². The molecule has 3 unspecified atom stereocenters. The molecule has 4 aromatic carbocycles. The predicted octanol–water partition coefficient (Wildman–Crippen LogP) is 8.13. The highest BCUT2D eigenvalue weighted by molar-refractivity contribution is 6.07. The van der Waals surface area contributed by atoms with Gasteiger partial charge in [-0.05, 0) is 96.6 Å². The van der Waals surface area contributed by atoms with E-state index < -0.39 is 12.2 Å². The minimum absolute atomic E-state index is 0.0173. The first kappa shape index (κ1) is 31.8. The molecule has 0 radical (unpaired) electrons. The van der Waals surface area contributed by atoms with Gasteiger partial charge in [-0.3, -0.25) is 9.80 Å². The lowest BCUT2D eigenvalue weighted by Gasteiger charge is -2.31. The van der Waals surface area contributed by atoms with Crippen molar-refractivity contribution in [2.75, 3.05) is 20.2 Å². The lowest BCUT2D eigenvalue weighted by Crippen LogP contribution is -2.46.